The highest BCUT2D eigenvalue weighted by Gasteiger charge is 2.10. The summed E-state index contributed by atoms with van der Waals surface area (Å²) in [6.07, 6.45) is 0. The predicted molar refractivity (Wildman–Crippen MR) is 65.4 cm³/mol. The minimum absolute atomic E-state index is 0.327. The molecular weight excluding hydrogens is 200 g/mol. The molecule has 1 unspecified atom stereocenters. The Labute approximate surface area is 95.4 Å². The molecule has 0 saturated heterocycles. The molecule has 16 heavy (non-hydrogen) atoms. The Balaban J connectivity index is 2.54. The van der Waals surface area contributed by atoms with Gasteiger partial charge in [0.15, 0.2) is 0 Å². The molecule has 2 rings (SSSR count). The van der Waals surface area contributed by atoms with E-state index in [9.17, 15) is 0 Å². The molecule has 4 nitrogen and oxygen atoms in total. The lowest BCUT2D eigenvalue weighted by atomic mass is 10.0. The molecule has 86 valence electrons. The van der Waals surface area contributed by atoms with Gasteiger partial charge in [0.25, 0.3) is 0 Å². The Bertz CT molecular complexity index is 487. The fourth-order valence-corrected chi connectivity index (χ4v) is 1.78. The molecule has 0 saturated carbocycles. The van der Waals surface area contributed by atoms with Gasteiger partial charge in [-0.2, -0.15) is 0 Å². The van der Waals surface area contributed by atoms with E-state index in [1.807, 2.05) is 10.7 Å². The Morgan fingerprint density at radius 3 is 2.69 bits per heavy atom. The summed E-state index contributed by atoms with van der Waals surface area (Å²) in [5.74, 6) is 0.375. The molecule has 0 amide bonds. The van der Waals surface area contributed by atoms with Crippen LogP contribution in [0.3, 0.4) is 0 Å². The van der Waals surface area contributed by atoms with Crippen molar-refractivity contribution in [3.05, 3.63) is 23.8 Å². The van der Waals surface area contributed by atoms with Gasteiger partial charge < -0.3 is 5.73 Å². The van der Waals surface area contributed by atoms with Crippen LogP contribution in [0.25, 0.3) is 11.0 Å². The second-order valence-corrected chi connectivity index (χ2v) is 4.51. The molecule has 0 aliphatic carbocycles. The molecular formula is C12H18N4. The molecule has 0 aliphatic heterocycles. The van der Waals surface area contributed by atoms with Crippen molar-refractivity contribution >= 4 is 11.0 Å². The zero-order valence-electron chi connectivity index (χ0n) is 10.0. The van der Waals surface area contributed by atoms with Crippen LogP contribution >= 0.6 is 0 Å². The fraction of sp³-hybridized carbons (Fsp3) is 0.500. The summed E-state index contributed by atoms with van der Waals surface area (Å²) in [4.78, 5) is 0. The van der Waals surface area contributed by atoms with Crippen molar-refractivity contribution in [3.8, 4) is 0 Å². The summed E-state index contributed by atoms with van der Waals surface area (Å²) in [5, 5.41) is 8.30. The van der Waals surface area contributed by atoms with Gasteiger partial charge in [-0.05, 0) is 44.0 Å². The van der Waals surface area contributed by atoms with Gasteiger partial charge in [0.1, 0.15) is 5.52 Å². The third-order valence-corrected chi connectivity index (χ3v) is 2.91. The second kappa shape index (κ2) is 4.22. The number of rotatable bonds is 3. The van der Waals surface area contributed by atoms with Crippen LogP contribution in [0.15, 0.2) is 18.2 Å². The third-order valence-electron chi connectivity index (χ3n) is 2.91. The summed E-state index contributed by atoms with van der Waals surface area (Å²) in [5.41, 5.74) is 8.97. The zero-order chi connectivity index (χ0) is 11.7. The fourth-order valence-electron chi connectivity index (χ4n) is 1.78. The monoisotopic (exact) mass is 218 g/mol. The molecule has 4 heteroatoms. The average molecular weight is 218 g/mol. The van der Waals surface area contributed by atoms with E-state index in [1.165, 1.54) is 5.56 Å². The first kappa shape index (κ1) is 11.1. The number of hydrogen-bond acceptors (Lipinski definition) is 3. The van der Waals surface area contributed by atoms with Gasteiger partial charge in [-0.25, -0.2) is 4.68 Å². The van der Waals surface area contributed by atoms with Crippen molar-refractivity contribution in [1.29, 1.82) is 0 Å². The number of nitrogens with zero attached hydrogens (tertiary/aromatic N) is 3. The molecule has 2 aromatic rings. The number of hydrogen-bond donors (Lipinski definition) is 1. The Morgan fingerprint density at radius 1 is 1.31 bits per heavy atom. The van der Waals surface area contributed by atoms with Gasteiger partial charge >= 0.3 is 0 Å². The van der Waals surface area contributed by atoms with E-state index < -0.39 is 0 Å². The molecule has 0 spiro atoms. The van der Waals surface area contributed by atoms with Crippen molar-refractivity contribution in [2.75, 3.05) is 6.54 Å². The minimum Gasteiger partial charge on any atom is -0.330 e. The SMILES string of the molecule is CC(CN)c1ccc2nnn(C(C)C)c2c1. The number of nitrogens with two attached hydrogens (primary N) is 1. The summed E-state index contributed by atoms with van der Waals surface area (Å²) in [6, 6.07) is 6.57. The van der Waals surface area contributed by atoms with Crippen LogP contribution in [0.5, 0.6) is 0 Å². The van der Waals surface area contributed by atoms with Crippen molar-refractivity contribution in [2.24, 2.45) is 5.73 Å². The van der Waals surface area contributed by atoms with E-state index in [0.29, 0.717) is 18.5 Å². The van der Waals surface area contributed by atoms with Crippen molar-refractivity contribution < 1.29 is 0 Å². The van der Waals surface area contributed by atoms with Crippen LogP contribution in [0.2, 0.25) is 0 Å². The van der Waals surface area contributed by atoms with E-state index in [2.05, 4.69) is 43.2 Å². The summed E-state index contributed by atoms with van der Waals surface area (Å²) in [7, 11) is 0. The molecule has 1 heterocycles. The Kier molecular flexibility index (Phi) is 2.92. The standard InChI is InChI=1S/C12H18N4/c1-8(2)16-12-6-10(9(3)7-13)4-5-11(12)14-15-16/h4-6,8-9H,7,13H2,1-3H3. The first-order chi connectivity index (χ1) is 7.63. The van der Waals surface area contributed by atoms with Gasteiger partial charge in [-0.15, -0.1) is 5.10 Å². The highest BCUT2D eigenvalue weighted by atomic mass is 15.4. The number of benzene rings is 1. The molecule has 0 bridgehead atoms. The van der Waals surface area contributed by atoms with E-state index >= 15 is 0 Å². The van der Waals surface area contributed by atoms with Gasteiger partial charge in [-0.3, -0.25) is 0 Å². The molecule has 0 aliphatic rings. The summed E-state index contributed by atoms with van der Waals surface area (Å²) in [6.45, 7) is 7.00. The van der Waals surface area contributed by atoms with Crippen LogP contribution < -0.4 is 5.73 Å². The van der Waals surface area contributed by atoms with Crippen LogP contribution in [0.1, 0.15) is 38.3 Å². The predicted octanol–water partition coefficient (Wildman–Crippen LogP) is 2.07. The maximum absolute atomic E-state index is 5.68. The van der Waals surface area contributed by atoms with Gasteiger partial charge in [0.2, 0.25) is 0 Å². The van der Waals surface area contributed by atoms with Crippen molar-refractivity contribution in [2.45, 2.75) is 32.7 Å². The van der Waals surface area contributed by atoms with E-state index in [-0.39, 0.29) is 0 Å². The molecule has 1 atom stereocenters. The zero-order valence-corrected chi connectivity index (χ0v) is 10.0. The van der Waals surface area contributed by atoms with Crippen LogP contribution in [-0.2, 0) is 0 Å². The average Bonchev–Trinajstić information content (AvgIpc) is 2.70. The minimum atomic E-state index is 0.327. The van der Waals surface area contributed by atoms with Crippen molar-refractivity contribution in [1.82, 2.24) is 15.0 Å². The van der Waals surface area contributed by atoms with Gasteiger partial charge in [0.05, 0.1) is 5.52 Å². The molecule has 0 fully saturated rings. The molecule has 2 N–H and O–H groups in total. The van der Waals surface area contributed by atoms with Crippen molar-refractivity contribution in [3.63, 3.8) is 0 Å². The topological polar surface area (TPSA) is 56.7 Å². The Morgan fingerprint density at radius 2 is 2.06 bits per heavy atom. The first-order valence-corrected chi connectivity index (χ1v) is 5.68. The summed E-state index contributed by atoms with van der Waals surface area (Å²) >= 11 is 0. The quantitative estimate of drug-likeness (QED) is 0.858. The van der Waals surface area contributed by atoms with E-state index in [4.69, 9.17) is 5.73 Å². The highest BCUT2D eigenvalue weighted by molar-refractivity contribution is 5.75. The molecule has 0 radical (unpaired) electrons. The summed E-state index contributed by atoms with van der Waals surface area (Å²) < 4.78 is 1.95. The maximum atomic E-state index is 5.68. The van der Waals surface area contributed by atoms with E-state index in [1.54, 1.807) is 0 Å². The lowest BCUT2D eigenvalue weighted by Crippen LogP contribution is -2.09. The maximum Gasteiger partial charge on any atom is 0.113 e. The first-order valence-electron chi connectivity index (χ1n) is 5.68. The number of aromatic nitrogens is 3. The largest absolute Gasteiger partial charge is 0.330 e. The van der Waals surface area contributed by atoms with E-state index in [0.717, 1.165) is 11.0 Å². The van der Waals surface area contributed by atoms with Crippen LogP contribution in [-0.4, -0.2) is 21.5 Å². The smallest absolute Gasteiger partial charge is 0.113 e. The molecule has 1 aromatic carbocycles. The number of fused-ring (bicyclic) bond motifs is 1. The normalized spacial score (nSPS) is 13.6. The third kappa shape index (κ3) is 1.80. The van der Waals surface area contributed by atoms with Gasteiger partial charge in [0, 0.05) is 6.04 Å². The highest BCUT2D eigenvalue weighted by Crippen LogP contribution is 2.21. The lowest BCUT2D eigenvalue weighted by Gasteiger charge is -2.10. The lowest BCUT2D eigenvalue weighted by molar-refractivity contribution is 0.530. The van der Waals surface area contributed by atoms with Crippen LogP contribution in [0, 0.1) is 0 Å². The second-order valence-electron chi connectivity index (χ2n) is 4.51. The van der Waals surface area contributed by atoms with Crippen LogP contribution in [0.4, 0.5) is 0 Å². The van der Waals surface area contributed by atoms with Gasteiger partial charge in [-0.1, -0.05) is 18.2 Å². The molecule has 1 aromatic heterocycles. The Hall–Kier alpha value is -1.42.